The SMILES string of the molecule is CON1C(=O)CCC12CCN(Cc1ccccc1)CC2. The van der Waals surface area contributed by atoms with Crippen LogP contribution in [0.5, 0.6) is 0 Å². The Morgan fingerprint density at radius 3 is 2.50 bits per heavy atom. The molecule has 1 aromatic rings. The third-order valence-corrected chi connectivity index (χ3v) is 4.68. The van der Waals surface area contributed by atoms with Crippen molar-refractivity contribution in [3.8, 4) is 0 Å². The number of likely N-dealkylation sites (tertiary alicyclic amines) is 1. The molecule has 0 aliphatic carbocycles. The van der Waals surface area contributed by atoms with Gasteiger partial charge in [-0.2, -0.15) is 0 Å². The van der Waals surface area contributed by atoms with Crippen LogP contribution in [-0.2, 0) is 16.2 Å². The van der Waals surface area contributed by atoms with E-state index in [9.17, 15) is 4.79 Å². The summed E-state index contributed by atoms with van der Waals surface area (Å²) in [5.74, 6) is 0.143. The number of carbonyl (C=O) groups excluding carboxylic acids is 1. The van der Waals surface area contributed by atoms with Crippen LogP contribution < -0.4 is 0 Å². The van der Waals surface area contributed by atoms with Crippen molar-refractivity contribution in [2.45, 2.75) is 37.8 Å². The second-order valence-corrected chi connectivity index (χ2v) is 5.86. The Morgan fingerprint density at radius 2 is 1.85 bits per heavy atom. The molecule has 4 heteroatoms. The van der Waals surface area contributed by atoms with E-state index in [0.29, 0.717) is 6.42 Å². The Morgan fingerprint density at radius 1 is 1.15 bits per heavy atom. The minimum atomic E-state index is -0.0426. The topological polar surface area (TPSA) is 32.8 Å². The largest absolute Gasteiger partial charge is 0.299 e. The van der Waals surface area contributed by atoms with Gasteiger partial charge in [0.15, 0.2) is 0 Å². The molecule has 0 bridgehead atoms. The number of rotatable bonds is 3. The predicted molar refractivity (Wildman–Crippen MR) is 76.8 cm³/mol. The lowest BCUT2D eigenvalue weighted by Gasteiger charge is -2.43. The number of amides is 1. The zero-order chi connectivity index (χ0) is 14.0. The molecule has 2 saturated heterocycles. The lowest BCUT2D eigenvalue weighted by atomic mass is 9.86. The van der Waals surface area contributed by atoms with Crippen LogP contribution in [0.15, 0.2) is 30.3 Å². The normalized spacial score (nSPS) is 22.6. The molecule has 2 fully saturated rings. The molecule has 0 N–H and O–H groups in total. The van der Waals surface area contributed by atoms with Crippen molar-refractivity contribution in [2.75, 3.05) is 20.2 Å². The summed E-state index contributed by atoms with van der Waals surface area (Å²) in [7, 11) is 1.61. The molecule has 2 aliphatic rings. The summed E-state index contributed by atoms with van der Waals surface area (Å²) in [6.45, 7) is 3.06. The monoisotopic (exact) mass is 274 g/mol. The molecule has 2 aliphatic heterocycles. The van der Waals surface area contributed by atoms with E-state index >= 15 is 0 Å². The molecular formula is C16H22N2O2. The predicted octanol–water partition coefficient (Wildman–Crippen LogP) is 2.21. The summed E-state index contributed by atoms with van der Waals surface area (Å²) in [4.78, 5) is 19.6. The van der Waals surface area contributed by atoms with Crippen molar-refractivity contribution < 1.29 is 9.63 Å². The van der Waals surface area contributed by atoms with Gasteiger partial charge < -0.3 is 0 Å². The van der Waals surface area contributed by atoms with Gasteiger partial charge in [-0.1, -0.05) is 30.3 Å². The van der Waals surface area contributed by atoms with Gasteiger partial charge in [0.2, 0.25) is 5.91 Å². The van der Waals surface area contributed by atoms with Gasteiger partial charge in [-0.05, 0) is 24.8 Å². The van der Waals surface area contributed by atoms with Gasteiger partial charge >= 0.3 is 0 Å². The van der Waals surface area contributed by atoms with E-state index in [0.717, 1.165) is 38.9 Å². The summed E-state index contributed by atoms with van der Waals surface area (Å²) in [5.41, 5.74) is 1.31. The van der Waals surface area contributed by atoms with E-state index < -0.39 is 0 Å². The molecule has 0 radical (unpaired) electrons. The fourth-order valence-electron chi connectivity index (χ4n) is 3.52. The molecular weight excluding hydrogens is 252 g/mol. The highest BCUT2D eigenvalue weighted by Crippen LogP contribution is 2.39. The van der Waals surface area contributed by atoms with E-state index in [1.165, 1.54) is 5.56 Å². The molecule has 1 spiro atoms. The minimum Gasteiger partial charge on any atom is -0.299 e. The molecule has 0 atom stereocenters. The van der Waals surface area contributed by atoms with Crippen molar-refractivity contribution in [3.63, 3.8) is 0 Å². The standard InChI is InChI=1S/C16H22N2O2/c1-20-18-15(19)7-8-16(18)9-11-17(12-10-16)13-14-5-3-2-4-6-14/h2-6H,7-13H2,1H3. The Balaban J connectivity index is 1.61. The summed E-state index contributed by atoms with van der Waals surface area (Å²) in [6, 6.07) is 10.6. The van der Waals surface area contributed by atoms with Crippen LogP contribution in [0.3, 0.4) is 0 Å². The van der Waals surface area contributed by atoms with E-state index in [1.807, 2.05) is 0 Å². The number of nitrogens with zero attached hydrogens (tertiary/aromatic N) is 2. The van der Waals surface area contributed by atoms with Crippen molar-refractivity contribution in [1.82, 2.24) is 9.96 Å². The van der Waals surface area contributed by atoms with Crippen LogP contribution in [-0.4, -0.2) is 41.6 Å². The number of piperidine rings is 1. The quantitative estimate of drug-likeness (QED) is 0.847. The molecule has 4 nitrogen and oxygen atoms in total. The van der Waals surface area contributed by atoms with Crippen molar-refractivity contribution in [3.05, 3.63) is 35.9 Å². The second kappa shape index (κ2) is 5.54. The average Bonchev–Trinajstić information content (AvgIpc) is 2.79. The number of hydrogen-bond acceptors (Lipinski definition) is 3. The molecule has 3 rings (SSSR count). The van der Waals surface area contributed by atoms with Crippen LogP contribution in [0.25, 0.3) is 0 Å². The highest BCUT2D eigenvalue weighted by Gasteiger charge is 2.47. The molecule has 2 heterocycles. The number of hydrogen-bond donors (Lipinski definition) is 0. The maximum atomic E-state index is 11.8. The molecule has 108 valence electrons. The zero-order valence-electron chi connectivity index (χ0n) is 12.0. The third-order valence-electron chi connectivity index (χ3n) is 4.68. The number of carbonyl (C=O) groups is 1. The summed E-state index contributed by atoms with van der Waals surface area (Å²) in [6.07, 6.45) is 3.60. The third kappa shape index (κ3) is 2.45. The maximum Gasteiger partial charge on any atom is 0.246 e. The Bertz CT molecular complexity index is 467. The first-order chi connectivity index (χ1) is 9.73. The highest BCUT2D eigenvalue weighted by atomic mass is 16.7. The molecule has 0 saturated carbocycles. The first-order valence-corrected chi connectivity index (χ1v) is 7.37. The highest BCUT2D eigenvalue weighted by molar-refractivity contribution is 5.78. The van der Waals surface area contributed by atoms with Crippen LogP contribution in [0, 0.1) is 0 Å². The summed E-state index contributed by atoms with van der Waals surface area (Å²) in [5, 5.41) is 1.65. The van der Waals surface area contributed by atoms with Gasteiger partial charge in [-0.3, -0.25) is 14.5 Å². The van der Waals surface area contributed by atoms with Crippen LogP contribution in [0.4, 0.5) is 0 Å². The first-order valence-electron chi connectivity index (χ1n) is 7.37. The van der Waals surface area contributed by atoms with Crippen molar-refractivity contribution >= 4 is 5.91 Å². The van der Waals surface area contributed by atoms with E-state index in [2.05, 4.69) is 35.2 Å². The molecule has 20 heavy (non-hydrogen) atoms. The smallest absolute Gasteiger partial charge is 0.246 e. The van der Waals surface area contributed by atoms with Crippen molar-refractivity contribution in [1.29, 1.82) is 0 Å². The number of benzene rings is 1. The van der Waals surface area contributed by atoms with Crippen LogP contribution in [0.1, 0.15) is 31.2 Å². The van der Waals surface area contributed by atoms with Gasteiger partial charge in [-0.25, -0.2) is 5.06 Å². The van der Waals surface area contributed by atoms with E-state index in [1.54, 1.807) is 12.2 Å². The fraction of sp³-hybridized carbons (Fsp3) is 0.562. The maximum absolute atomic E-state index is 11.8. The molecule has 1 aromatic carbocycles. The van der Waals surface area contributed by atoms with Gasteiger partial charge in [0.1, 0.15) is 0 Å². The second-order valence-electron chi connectivity index (χ2n) is 5.86. The van der Waals surface area contributed by atoms with Crippen LogP contribution in [0.2, 0.25) is 0 Å². The number of hydroxylamine groups is 2. The van der Waals surface area contributed by atoms with Crippen LogP contribution >= 0.6 is 0 Å². The zero-order valence-corrected chi connectivity index (χ0v) is 12.0. The van der Waals surface area contributed by atoms with Gasteiger partial charge in [0.05, 0.1) is 12.6 Å². The minimum absolute atomic E-state index is 0.0426. The fourth-order valence-corrected chi connectivity index (χ4v) is 3.52. The van der Waals surface area contributed by atoms with Crippen molar-refractivity contribution in [2.24, 2.45) is 0 Å². The molecule has 0 aromatic heterocycles. The molecule has 0 unspecified atom stereocenters. The summed E-state index contributed by atoms with van der Waals surface area (Å²) >= 11 is 0. The first kappa shape index (κ1) is 13.6. The average molecular weight is 274 g/mol. The Labute approximate surface area is 120 Å². The van der Waals surface area contributed by atoms with Gasteiger partial charge in [-0.15, -0.1) is 0 Å². The van der Waals surface area contributed by atoms with Gasteiger partial charge in [0, 0.05) is 26.1 Å². The molecule has 1 amide bonds. The summed E-state index contributed by atoms with van der Waals surface area (Å²) < 4.78 is 0. The lowest BCUT2D eigenvalue weighted by Crippen LogP contribution is -2.52. The Kier molecular flexibility index (Phi) is 3.76. The van der Waals surface area contributed by atoms with E-state index in [-0.39, 0.29) is 11.4 Å². The lowest BCUT2D eigenvalue weighted by molar-refractivity contribution is -0.202. The van der Waals surface area contributed by atoms with E-state index in [4.69, 9.17) is 4.84 Å². The van der Waals surface area contributed by atoms with Gasteiger partial charge in [0.25, 0.3) is 0 Å². The Hall–Kier alpha value is -1.39.